The monoisotopic (exact) mass is 835 g/mol. The van der Waals surface area contributed by atoms with Crippen LogP contribution in [-0.2, 0) is 28.6 Å². The molecule has 0 N–H and O–H groups in total. The van der Waals surface area contributed by atoms with Crippen LogP contribution < -0.4 is 0 Å². The van der Waals surface area contributed by atoms with Crippen molar-refractivity contribution in [3.63, 3.8) is 0 Å². The Bertz CT molecular complexity index is 1190. The van der Waals surface area contributed by atoms with Crippen molar-refractivity contribution in [3.05, 3.63) is 85.1 Å². The highest BCUT2D eigenvalue weighted by Crippen LogP contribution is 2.15. The first kappa shape index (κ1) is 56.6. The number of hydrogen-bond donors (Lipinski definition) is 0. The summed E-state index contributed by atoms with van der Waals surface area (Å²) in [5.74, 6) is -1.04. The van der Waals surface area contributed by atoms with Gasteiger partial charge in [-0.1, -0.05) is 209 Å². The second-order valence-corrected chi connectivity index (χ2v) is 16.0. The van der Waals surface area contributed by atoms with Gasteiger partial charge in [-0.15, -0.1) is 0 Å². The Kier molecular flexibility index (Phi) is 45.5. The molecular formula is C54H90O6. The van der Waals surface area contributed by atoms with Crippen molar-refractivity contribution in [2.75, 3.05) is 13.2 Å². The van der Waals surface area contributed by atoms with Gasteiger partial charge in [-0.25, -0.2) is 0 Å². The van der Waals surface area contributed by atoms with Crippen molar-refractivity contribution in [2.24, 2.45) is 0 Å². The molecule has 6 nitrogen and oxygen atoms in total. The normalized spacial score (nSPS) is 12.8. The van der Waals surface area contributed by atoms with Crippen molar-refractivity contribution in [3.8, 4) is 0 Å². The molecule has 0 radical (unpaired) electrons. The number of ether oxygens (including phenoxy) is 3. The zero-order chi connectivity index (χ0) is 43.7. The molecular weight excluding hydrogens is 745 g/mol. The van der Waals surface area contributed by atoms with E-state index in [0.29, 0.717) is 19.3 Å². The lowest BCUT2D eigenvalue weighted by Gasteiger charge is -2.18. The van der Waals surface area contributed by atoms with E-state index in [1.807, 2.05) is 12.2 Å². The molecule has 0 saturated heterocycles. The average molecular weight is 835 g/mol. The second-order valence-electron chi connectivity index (χ2n) is 16.0. The summed E-state index contributed by atoms with van der Waals surface area (Å²) in [6.45, 7) is 6.30. The fourth-order valence-electron chi connectivity index (χ4n) is 6.53. The maximum atomic E-state index is 12.7. The Labute approximate surface area is 369 Å². The second kappa shape index (κ2) is 48.3. The highest BCUT2D eigenvalue weighted by molar-refractivity contribution is 5.71. The number of unbranched alkanes of at least 4 members (excludes halogenated alkanes) is 18. The molecule has 1 atom stereocenters. The zero-order valence-electron chi connectivity index (χ0n) is 38.9. The van der Waals surface area contributed by atoms with Crippen molar-refractivity contribution in [2.45, 2.75) is 226 Å². The molecule has 0 aliphatic carbocycles. The number of esters is 3. The quantitative estimate of drug-likeness (QED) is 0.0263. The molecule has 342 valence electrons. The van der Waals surface area contributed by atoms with Gasteiger partial charge in [0.25, 0.3) is 0 Å². The van der Waals surface area contributed by atoms with Crippen LogP contribution in [0.5, 0.6) is 0 Å². The summed E-state index contributed by atoms with van der Waals surface area (Å²) < 4.78 is 16.6. The summed E-state index contributed by atoms with van der Waals surface area (Å²) in [4.78, 5) is 37.8. The predicted molar refractivity (Wildman–Crippen MR) is 256 cm³/mol. The Balaban J connectivity index is 4.44. The summed E-state index contributed by atoms with van der Waals surface area (Å²) in [5, 5.41) is 0. The summed E-state index contributed by atoms with van der Waals surface area (Å²) >= 11 is 0. The molecule has 0 amide bonds. The van der Waals surface area contributed by atoms with Crippen molar-refractivity contribution in [1.29, 1.82) is 0 Å². The van der Waals surface area contributed by atoms with Crippen LogP contribution in [0, 0.1) is 0 Å². The van der Waals surface area contributed by atoms with Gasteiger partial charge >= 0.3 is 17.9 Å². The molecule has 0 aromatic heterocycles. The molecule has 0 aliphatic rings. The summed E-state index contributed by atoms with van der Waals surface area (Å²) in [5.41, 5.74) is 0. The molecule has 0 saturated carbocycles. The average Bonchev–Trinajstić information content (AvgIpc) is 3.24. The molecule has 1 unspecified atom stereocenters. The molecule has 0 aromatic carbocycles. The van der Waals surface area contributed by atoms with E-state index in [1.54, 1.807) is 0 Å². The van der Waals surface area contributed by atoms with E-state index in [9.17, 15) is 14.4 Å². The van der Waals surface area contributed by atoms with Crippen LogP contribution in [0.1, 0.15) is 220 Å². The number of carbonyl (C=O) groups is 3. The third-order valence-electron chi connectivity index (χ3n) is 10.2. The third-order valence-corrected chi connectivity index (χ3v) is 10.2. The first-order chi connectivity index (χ1) is 29.5. The fraction of sp³-hybridized carbons (Fsp3) is 0.685. The van der Waals surface area contributed by atoms with Crippen molar-refractivity contribution >= 4 is 17.9 Å². The lowest BCUT2D eigenvalue weighted by Crippen LogP contribution is -2.30. The van der Waals surface area contributed by atoms with Gasteiger partial charge in [0.15, 0.2) is 6.10 Å². The van der Waals surface area contributed by atoms with Gasteiger partial charge in [-0.3, -0.25) is 14.4 Å². The number of allylic oxidation sites excluding steroid dienone is 14. The number of rotatable bonds is 43. The van der Waals surface area contributed by atoms with Crippen LogP contribution in [0.15, 0.2) is 85.1 Å². The van der Waals surface area contributed by atoms with Gasteiger partial charge in [0, 0.05) is 19.3 Å². The van der Waals surface area contributed by atoms with E-state index in [0.717, 1.165) is 83.5 Å². The van der Waals surface area contributed by atoms with Gasteiger partial charge in [-0.05, 0) is 77.0 Å². The van der Waals surface area contributed by atoms with E-state index >= 15 is 0 Å². The Morgan fingerprint density at radius 3 is 1.08 bits per heavy atom. The van der Waals surface area contributed by atoms with Gasteiger partial charge in [0.1, 0.15) is 13.2 Å². The van der Waals surface area contributed by atoms with Gasteiger partial charge < -0.3 is 14.2 Å². The molecule has 0 bridgehead atoms. The Morgan fingerprint density at radius 2 is 0.683 bits per heavy atom. The minimum absolute atomic E-state index is 0.115. The number of hydrogen-bond acceptors (Lipinski definition) is 6. The smallest absolute Gasteiger partial charge is 0.306 e. The van der Waals surface area contributed by atoms with E-state index in [1.165, 1.54) is 89.9 Å². The third kappa shape index (κ3) is 45.7. The van der Waals surface area contributed by atoms with Gasteiger partial charge in [-0.2, -0.15) is 0 Å². The van der Waals surface area contributed by atoms with E-state index in [-0.39, 0.29) is 31.6 Å². The molecule has 60 heavy (non-hydrogen) atoms. The lowest BCUT2D eigenvalue weighted by atomic mass is 10.0. The maximum absolute atomic E-state index is 12.7. The van der Waals surface area contributed by atoms with E-state index in [2.05, 4.69) is 93.7 Å². The van der Waals surface area contributed by atoms with E-state index in [4.69, 9.17) is 14.2 Å². The highest BCUT2D eigenvalue weighted by atomic mass is 16.6. The SMILES string of the molecule is CC/C=C\C/C=C\C/C=C\C/C=C\C/C=C\CCC(=O)OC(COC(=O)CCCC/C=C\C/C=C\CC)COC(=O)CCCCCCCCCCCCCCCCCCC. The summed E-state index contributed by atoms with van der Waals surface area (Å²) in [6, 6.07) is 0. The topological polar surface area (TPSA) is 78.9 Å². The molecule has 0 spiro atoms. The highest BCUT2D eigenvalue weighted by Gasteiger charge is 2.19. The van der Waals surface area contributed by atoms with Crippen LogP contribution in [0.3, 0.4) is 0 Å². The van der Waals surface area contributed by atoms with Crippen LogP contribution >= 0.6 is 0 Å². The van der Waals surface area contributed by atoms with Crippen LogP contribution in [0.4, 0.5) is 0 Å². The van der Waals surface area contributed by atoms with E-state index < -0.39 is 12.1 Å². The first-order valence-electron chi connectivity index (χ1n) is 24.6. The minimum atomic E-state index is -0.826. The number of carbonyl (C=O) groups excluding carboxylic acids is 3. The molecule has 6 heteroatoms. The standard InChI is InChI=1S/C54H90O6/c1-4-7-10-13-16-19-21-23-25-27-29-30-32-35-38-41-44-47-53(56)59-50-51(49-58-52(55)46-43-40-37-34-18-15-12-9-6-3)60-54(57)48-45-42-39-36-33-31-28-26-24-22-20-17-14-11-8-5-2/h8-9,11-12,17-18,20,24,26,31,33-34,39,42,51H,4-7,10,13-16,19,21-23,25,27-30,32,35-38,40-41,43-50H2,1-3H3/b11-8-,12-9-,20-17-,26-24-,33-31-,34-18-,42-39-. The zero-order valence-corrected chi connectivity index (χ0v) is 38.9. The maximum Gasteiger partial charge on any atom is 0.306 e. The fourth-order valence-corrected chi connectivity index (χ4v) is 6.53. The summed E-state index contributed by atoms with van der Waals surface area (Å²) in [7, 11) is 0. The Morgan fingerprint density at radius 1 is 0.350 bits per heavy atom. The molecule has 0 aromatic rings. The van der Waals surface area contributed by atoms with Crippen molar-refractivity contribution < 1.29 is 28.6 Å². The van der Waals surface area contributed by atoms with Crippen LogP contribution in [0.25, 0.3) is 0 Å². The molecule has 0 aliphatic heterocycles. The van der Waals surface area contributed by atoms with Crippen molar-refractivity contribution in [1.82, 2.24) is 0 Å². The van der Waals surface area contributed by atoms with Crippen LogP contribution in [0.2, 0.25) is 0 Å². The van der Waals surface area contributed by atoms with Crippen LogP contribution in [-0.4, -0.2) is 37.2 Å². The predicted octanol–water partition coefficient (Wildman–Crippen LogP) is 16.0. The largest absolute Gasteiger partial charge is 0.462 e. The molecule has 0 heterocycles. The minimum Gasteiger partial charge on any atom is -0.462 e. The van der Waals surface area contributed by atoms with Gasteiger partial charge in [0.05, 0.1) is 0 Å². The molecule has 0 rings (SSSR count). The summed E-state index contributed by atoms with van der Waals surface area (Å²) in [6.07, 6.45) is 61.7. The molecule has 0 fully saturated rings. The lowest BCUT2D eigenvalue weighted by molar-refractivity contribution is -0.166. The Hall–Kier alpha value is -3.41. The van der Waals surface area contributed by atoms with Gasteiger partial charge in [0.2, 0.25) is 0 Å². The first-order valence-corrected chi connectivity index (χ1v) is 24.6.